The minimum absolute atomic E-state index is 0.333. The second kappa shape index (κ2) is 0.379. The summed E-state index contributed by atoms with van der Waals surface area (Å²) in [6, 6.07) is 0. The van der Waals surface area contributed by atoms with E-state index in [0.717, 1.165) is 0 Å². The molecule has 0 saturated heterocycles. The predicted octanol–water partition coefficient (Wildman–Crippen LogP) is -0.415. The van der Waals surface area contributed by atoms with E-state index in [1.165, 1.54) is 0 Å². The molecule has 2 N–H and O–H groups in total. The third-order valence-corrected chi connectivity index (χ3v) is 0.415. The number of hydrogen-bond acceptors (Lipinski definition) is 1. The van der Waals surface area contributed by atoms with E-state index in [-0.39, 0.29) is 0 Å². The van der Waals surface area contributed by atoms with E-state index < -0.39 is 0 Å². The number of hydrogen-bond donors (Lipinski definition) is 1. The zero-order chi connectivity index (χ0) is 2.99. The van der Waals surface area contributed by atoms with Crippen molar-refractivity contribution in [2.75, 3.05) is 0 Å². The Labute approximate surface area is 25.6 Å². The van der Waals surface area contributed by atoms with Gasteiger partial charge < -0.3 is 5.64 Å². The summed E-state index contributed by atoms with van der Waals surface area (Å²) in [6.45, 7) is 0.333. The van der Waals surface area contributed by atoms with E-state index in [9.17, 15) is 0 Å². The van der Waals surface area contributed by atoms with Crippen LogP contribution in [0.25, 0.3) is 0 Å². The summed E-state index contributed by atoms with van der Waals surface area (Å²) in [7, 11) is 0. The van der Waals surface area contributed by atoms with Crippen molar-refractivity contribution in [2.45, 2.75) is 0 Å². The fraction of sp³-hybridized carbons (Fsp3) is 0. The average Bonchev–Trinajstić information content (AvgIpc) is 1.75. The highest BCUT2D eigenvalue weighted by Crippen LogP contribution is 1.90. The first kappa shape index (κ1) is 2.03. The van der Waals surface area contributed by atoms with Crippen LogP contribution < -0.4 is 5.64 Å². The zero-order valence-electron chi connectivity index (χ0n) is 2.31. The quantitative estimate of drug-likeness (QED) is 0.373. The molecule has 1 aliphatic rings. The van der Waals surface area contributed by atoms with Gasteiger partial charge in [-0.25, -0.2) is 0 Å². The van der Waals surface area contributed by atoms with E-state index in [1.54, 1.807) is 0 Å². The van der Waals surface area contributed by atoms with Crippen molar-refractivity contribution in [2.24, 2.45) is 5.64 Å². The van der Waals surface area contributed by atoms with Gasteiger partial charge in [0.05, 0.1) is 0 Å². The van der Waals surface area contributed by atoms with E-state index in [1.807, 2.05) is 12.0 Å². The molecule has 0 bridgehead atoms. The normalized spacial score (nSPS) is 17.8. The van der Waals surface area contributed by atoms with Crippen LogP contribution in [0.15, 0.2) is 12.0 Å². The van der Waals surface area contributed by atoms with Crippen LogP contribution in [-0.2, 0) is 0 Å². The topological polar surface area (TPSA) is 26.0 Å². The summed E-state index contributed by atoms with van der Waals surface area (Å²) >= 11 is 0. The molecular formula is C2H4BN. The molecule has 1 rings (SSSR count). The van der Waals surface area contributed by atoms with Gasteiger partial charge in [-0.05, 0) is 0 Å². The Hall–Kier alpha value is -0.235. The first-order chi connectivity index (χ1) is 1.89. The van der Waals surface area contributed by atoms with Crippen LogP contribution in [0.4, 0.5) is 0 Å². The predicted molar refractivity (Wildman–Crippen MR) is 19.1 cm³/mol. The summed E-state index contributed by atoms with van der Waals surface area (Å²) in [6.07, 6.45) is 0. The van der Waals surface area contributed by atoms with Gasteiger partial charge in [-0.2, -0.15) is 0 Å². The largest absolute Gasteiger partial charge is 0.363 e. The summed E-state index contributed by atoms with van der Waals surface area (Å²) < 4.78 is 0. The summed E-state index contributed by atoms with van der Waals surface area (Å²) in [5.41, 5.74) is 5.11. The van der Waals surface area contributed by atoms with Gasteiger partial charge >= 0.3 is 0 Å². The molecule has 0 atom stereocenters. The van der Waals surface area contributed by atoms with Crippen molar-refractivity contribution in [3.05, 3.63) is 12.0 Å². The lowest BCUT2D eigenvalue weighted by atomic mass is 9.87. The third kappa shape index (κ3) is 0.135. The Balaban J connectivity index is 2.32. The monoisotopic (exact) mass is 53.0 g/mol. The maximum Gasteiger partial charge on any atom is 0.269 e. The second-order valence-corrected chi connectivity index (χ2v) is 0.962. The molecule has 0 amide bonds. The van der Waals surface area contributed by atoms with Gasteiger partial charge in [-0.1, -0.05) is 0 Å². The highest BCUT2D eigenvalue weighted by molar-refractivity contribution is 6.76. The summed E-state index contributed by atoms with van der Waals surface area (Å²) in [5, 5.41) is 0. The van der Waals surface area contributed by atoms with Crippen LogP contribution in [0, 0.1) is 0 Å². The molecule has 0 unspecified atom stereocenters. The van der Waals surface area contributed by atoms with E-state index >= 15 is 0 Å². The number of rotatable bonds is 0. The molecule has 0 radical (unpaired) electrons. The van der Waals surface area contributed by atoms with E-state index in [0.29, 0.717) is 6.85 Å². The molecule has 1 heterocycles. The molecule has 0 aromatic rings. The molecule has 2 heteroatoms. The Morgan fingerprint density at radius 2 is 1.75 bits per heavy atom. The van der Waals surface area contributed by atoms with E-state index in [2.05, 4.69) is 0 Å². The van der Waals surface area contributed by atoms with Gasteiger partial charge in [-0.3, -0.25) is 0 Å². The molecule has 0 saturated carbocycles. The minimum atomic E-state index is 0.333. The summed E-state index contributed by atoms with van der Waals surface area (Å²) in [4.78, 5) is 0. The molecule has 20 valence electrons. The Bertz CT molecular complexity index is 44.0. The molecule has 0 aromatic carbocycles. The lowest BCUT2D eigenvalue weighted by molar-refractivity contribution is 1.92. The second-order valence-electron chi connectivity index (χ2n) is 0.962. The van der Waals surface area contributed by atoms with Crippen molar-refractivity contribution in [1.29, 1.82) is 0 Å². The lowest BCUT2D eigenvalue weighted by Crippen LogP contribution is -2.04. The molecule has 0 spiro atoms. The molecular weight excluding hydrogens is 48.8 g/mol. The average molecular weight is 52.9 g/mol. The van der Waals surface area contributed by atoms with Crippen LogP contribution in [0.3, 0.4) is 0 Å². The van der Waals surface area contributed by atoms with Crippen LogP contribution in [0.1, 0.15) is 0 Å². The Morgan fingerprint density at radius 1 is 1.50 bits per heavy atom. The van der Waals surface area contributed by atoms with Crippen LogP contribution >= 0.6 is 0 Å². The van der Waals surface area contributed by atoms with Crippen molar-refractivity contribution < 1.29 is 0 Å². The SMILES string of the molecule is NB1C=C1. The molecule has 1 nitrogen and oxygen atoms in total. The third-order valence-electron chi connectivity index (χ3n) is 0.415. The Kier molecular flexibility index (Phi) is 0.193. The molecule has 0 fully saturated rings. The number of nitrogens with two attached hydrogens (primary N) is 1. The van der Waals surface area contributed by atoms with Gasteiger partial charge in [0.1, 0.15) is 0 Å². The van der Waals surface area contributed by atoms with Crippen molar-refractivity contribution in [3.8, 4) is 0 Å². The maximum absolute atomic E-state index is 5.11. The first-order valence-corrected chi connectivity index (χ1v) is 1.33. The van der Waals surface area contributed by atoms with Crippen LogP contribution in [-0.4, -0.2) is 6.85 Å². The molecule has 1 aliphatic heterocycles. The molecule has 0 aromatic heterocycles. The first-order valence-electron chi connectivity index (χ1n) is 1.33. The molecule has 4 heavy (non-hydrogen) atoms. The fourth-order valence-electron chi connectivity index (χ4n) is 0.0642. The van der Waals surface area contributed by atoms with Crippen molar-refractivity contribution in [3.63, 3.8) is 0 Å². The highest BCUT2D eigenvalue weighted by atomic mass is 14.4. The smallest absolute Gasteiger partial charge is 0.269 e. The van der Waals surface area contributed by atoms with Gasteiger partial charge in [0.25, 0.3) is 6.85 Å². The zero-order valence-corrected chi connectivity index (χ0v) is 2.31. The van der Waals surface area contributed by atoms with Crippen molar-refractivity contribution in [1.82, 2.24) is 0 Å². The van der Waals surface area contributed by atoms with Crippen LogP contribution in [0.2, 0.25) is 0 Å². The van der Waals surface area contributed by atoms with Gasteiger partial charge in [0.2, 0.25) is 0 Å². The summed E-state index contributed by atoms with van der Waals surface area (Å²) in [5.74, 6) is 3.89. The van der Waals surface area contributed by atoms with Crippen LogP contribution in [0.5, 0.6) is 0 Å². The van der Waals surface area contributed by atoms with Gasteiger partial charge in [-0.15, -0.1) is 12.0 Å². The standard InChI is InChI=1S/C2H4BN/c4-3-1-2-3/h1-2H,4H2. The van der Waals surface area contributed by atoms with Gasteiger partial charge in [0.15, 0.2) is 0 Å². The maximum atomic E-state index is 5.11. The van der Waals surface area contributed by atoms with Gasteiger partial charge in [0, 0.05) is 0 Å². The van der Waals surface area contributed by atoms with E-state index in [4.69, 9.17) is 5.64 Å². The fourth-order valence-corrected chi connectivity index (χ4v) is 0.0642. The lowest BCUT2D eigenvalue weighted by Gasteiger charge is -1.53. The van der Waals surface area contributed by atoms with Crippen molar-refractivity contribution >= 4 is 6.85 Å². The highest BCUT2D eigenvalue weighted by Gasteiger charge is 2.06. The minimum Gasteiger partial charge on any atom is -0.363 e. The molecule has 0 aliphatic carbocycles. The Morgan fingerprint density at radius 3 is 1.75 bits per heavy atom.